The van der Waals surface area contributed by atoms with Crippen molar-refractivity contribution in [2.45, 2.75) is 31.8 Å². The molecule has 1 fully saturated rings. The maximum absolute atomic E-state index is 13.4. The molecule has 0 aromatic heterocycles. The largest absolute Gasteiger partial charge is 0.493 e. The zero-order valence-electron chi connectivity index (χ0n) is 14.2. The molecule has 0 amide bonds. The summed E-state index contributed by atoms with van der Waals surface area (Å²) in [6.07, 6.45) is 6.42. The zero-order chi connectivity index (χ0) is 17.6. The SMILES string of the molecule is COc1ccc(C=C(C#N)c2cccc(F)c2)cc1OC1CCCC1. The molecule has 2 aromatic carbocycles. The minimum absolute atomic E-state index is 0.215. The third kappa shape index (κ3) is 4.19. The van der Waals surface area contributed by atoms with Gasteiger partial charge in [-0.2, -0.15) is 5.26 Å². The van der Waals surface area contributed by atoms with Gasteiger partial charge in [0.05, 0.1) is 24.9 Å². The van der Waals surface area contributed by atoms with Gasteiger partial charge >= 0.3 is 0 Å². The lowest BCUT2D eigenvalue weighted by Gasteiger charge is -2.16. The molecule has 3 rings (SSSR count). The minimum Gasteiger partial charge on any atom is -0.493 e. The molecule has 4 heteroatoms. The lowest BCUT2D eigenvalue weighted by atomic mass is 10.0. The molecule has 0 aliphatic heterocycles. The number of benzene rings is 2. The van der Waals surface area contributed by atoms with Crippen LogP contribution >= 0.6 is 0 Å². The molecule has 0 N–H and O–H groups in total. The Bertz CT molecular complexity index is 817. The van der Waals surface area contributed by atoms with Crippen LogP contribution in [0.3, 0.4) is 0 Å². The highest BCUT2D eigenvalue weighted by Gasteiger charge is 2.18. The zero-order valence-corrected chi connectivity index (χ0v) is 14.2. The summed E-state index contributed by atoms with van der Waals surface area (Å²) in [6.45, 7) is 0. The Morgan fingerprint density at radius 2 is 1.96 bits per heavy atom. The quantitative estimate of drug-likeness (QED) is 0.555. The topological polar surface area (TPSA) is 42.2 Å². The summed E-state index contributed by atoms with van der Waals surface area (Å²) < 4.78 is 24.9. The molecule has 128 valence electrons. The smallest absolute Gasteiger partial charge is 0.162 e. The predicted octanol–water partition coefficient (Wildman–Crippen LogP) is 5.22. The van der Waals surface area contributed by atoms with E-state index in [1.165, 1.54) is 25.0 Å². The fourth-order valence-electron chi connectivity index (χ4n) is 3.06. The van der Waals surface area contributed by atoms with Crippen molar-refractivity contribution in [3.8, 4) is 17.6 Å². The monoisotopic (exact) mass is 337 g/mol. The van der Waals surface area contributed by atoms with Crippen LogP contribution in [0.4, 0.5) is 4.39 Å². The summed E-state index contributed by atoms with van der Waals surface area (Å²) in [4.78, 5) is 0. The molecule has 0 heterocycles. The van der Waals surface area contributed by atoms with E-state index < -0.39 is 0 Å². The molecule has 25 heavy (non-hydrogen) atoms. The number of hydrogen-bond acceptors (Lipinski definition) is 3. The maximum atomic E-state index is 13.4. The van der Waals surface area contributed by atoms with Crippen molar-refractivity contribution < 1.29 is 13.9 Å². The van der Waals surface area contributed by atoms with Gasteiger partial charge in [0.1, 0.15) is 5.82 Å². The first kappa shape index (κ1) is 17.0. The van der Waals surface area contributed by atoms with Crippen molar-refractivity contribution >= 4 is 11.6 Å². The van der Waals surface area contributed by atoms with Crippen molar-refractivity contribution in [1.82, 2.24) is 0 Å². The van der Waals surface area contributed by atoms with Crippen molar-refractivity contribution in [3.05, 3.63) is 59.4 Å². The van der Waals surface area contributed by atoms with Gasteiger partial charge in [-0.15, -0.1) is 0 Å². The summed E-state index contributed by atoms with van der Waals surface area (Å²) in [5.41, 5.74) is 1.77. The summed E-state index contributed by atoms with van der Waals surface area (Å²) in [5.74, 6) is 0.992. The van der Waals surface area contributed by atoms with Gasteiger partial charge in [-0.25, -0.2) is 4.39 Å². The normalized spacial score (nSPS) is 15.0. The Kier molecular flexibility index (Phi) is 5.35. The van der Waals surface area contributed by atoms with E-state index in [1.807, 2.05) is 18.2 Å². The van der Waals surface area contributed by atoms with Crippen LogP contribution in [0.1, 0.15) is 36.8 Å². The van der Waals surface area contributed by atoms with Crippen molar-refractivity contribution in [2.24, 2.45) is 0 Å². The Morgan fingerprint density at radius 1 is 1.16 bits per heavy atom. The highest BCUT2D eigenvalue weighted by molar-refractivity contribution is 5.89. The van der Waals surface area contributed by atoms with Gasteiger partial charge in [0.25, 0.3) is 0 Å². The summed E-state index contributed by atoms with van der Waals surface area (Å²) in [6, 6.07) is 13.7. The van der Waals surface area contributed by atoms with E-state index >= 15 is 0 Å². The van der Waals surface area contributed by atoms with E-state index in [-0.39, 0.29) is 11.9 Å². The van der Waals surface area contributed by atoms with E-state index in [0.717, 1.165) is 18.4 Å². The standard InChI is InChI=1S/C21H20FNO2/c1-24-20-10-9-15(12-21(20)25-19-7-2-3-8-19)11-17(14-23)16-5-4-6-18(22)13-16/h4-6,9-13,19H,2-3,7-8H2,1H3. The molecule has 1 aliphatic rings. The first-order valence-corrected chi connectivity index (χ1v) is 8.42. The third-order valence-corrected chi connectivity index (χ3v) is 4.35. The van der Waals surface area contributed by atoms with Crippen LogP contribution in [-0.4, -0.2) is 13.2 Å². The molecule has 0 saturated heterocycles. The van der Waals surface area contributed by atoms with E-state index in [9.17, 15) is 9.65 Å². The molecule has 0 atom stereocenters. The molecular formula is C21H20FNO2. The maximum Gasteiger partial charge on any atom is 0.162 e. The molecule has 0 spiro atoms. The van der Waals surface area contributed by atoms with Crippen LogP contribution in [0.25, 0.3) is 11.6 Å². The summed E-state index contributed by atoms with van der Waals surface area (Å²) >= 11 is 0. The number of ether oxygens (including phenoxy) is 2. The van der Waals surface area contributed by atoms with Gasteiger partial charge in [-0.3, -0.25) is 0 Å². The highest BCUT2D eigenvalue weighted by atomic mass is 19.1. The van der Waals surface area contributed by atoms with Crippen LogP contribution in [-0.2, 0) is 0 Å². The Hall–Kier alpha value is -2.80. The van der Waals surface area contributed by atoms with Gasteiger partial charge in [0, 0.05) is 0 Å². The first-order chi connectivity index (χ1) is 12.2. The number of hydrogen-bond donors (Lipinski definition) is 0. The molecule has 0 bridgehead atoms. The average molecular weight is 337 g/mol. The van der Waals surface area contributed by atoms with E-state index in [2.05, 4.69) is 6.07 Å². The van der Waals surface area contributed by atoms with Crippen molar-refractivity contribution in [3.63, 3.8) is 0 Å². The average Bonchev–Trinajstić information content (AvgIpc) is 3.13. The predicted molar refractivity (Wildman–Crippen MR) is 95.8 cm³/mol. The van der Waals surface area contributed by atoms with Crippen LogP contribution < -0.4 is 9.47 Å². The number of allylic oxidation sites excluding steroid dienone is 1. The van der Waals surface area contributed by atoms with Gasteiger partial charge in [0.2, 0.25) is 0 Å². The fraction of sp³-hybridized carbons (Fsp3) is 0.286. The lowest BCUT2D eigenvalue weighted by Crippen LogP contribution is -2.11. The second kappa shape index (κ2) is 7.85. The lowest BCUT2D eigenvalue weighted by molar-refractivity contribution is 0.201. The van der Waals surface area contributed by atoms with Gasteiger partial charge in [0.15, 0.2) is 11.5 Å². The number of nitriles is 1. The van der Waals surface area contributed by atoms with Crippen LogP contribution in [0.5, 0.6) is 11.5 Å². The van der Waals surface area contributed by atoms with E-state index in [0.29, 0.717) is 22.6 Å². The number of nitrogens with zero attached hydrogens (tertiary/aromatic N) is 1. The molecule has 0 radical (unpaired) electrons. The summed E-state index contributed by atoms with van der Waals surface area (Å²) in [7, 11) is 1.61. The number of rotatable bonds is 5. The van der Waals surface area contributed by atoms with Gasteiger partial charge in [-0.05, 0) is 67.2 Å². The molecule has 2 aromatic rings. The van der Waals surface area contributed by atoms with Crippen LogP contribution in [0, 0.1) is 17.1 Å². The van der Waals surface area contributed by atoms with E-state index in [4.69, 9.17) is 9.47 Å². The molecule has 3 nitrogen and oxygen atoms in total. The Labute approximate surface area is 147 Å². The van der Waals surface area contributed by atoms with Crippen molar-refractivity contribution in [1.29, 1.82) is 5.26 Å². The second-order valence-corrected chi connectivity index (χ2v) is 6.11. The highest BCUT2D eigenvalue weighted by Crippen LogP contribution is 2.33. The van der Waals surface area contributed by atoms with Gasteiger partial charge < -0.3 is 9.47 Å². The number of methoxy groups -OCH3 is 1. The third-order valence-electron chi connectivity index (χ3n) is 4.35. The van der Waals surface area contributed by atoms with Crippen LogP contribution in [0.2, 0.25) is 0 Å². The van der Waals surface area contributed by atoms with E-state index in [1.54, 1.807) is 25.3 Å². The minimum atomic E-state index is -0.362. The first-order valence-electron chi connectivity index (χ1n) is 8.42. The molecule has 1 saturated carbocycles. The summed E-state index contributed by atoms with van der Waals surface area (Å²) in [5, 5.41) is 9.43. The Balaban J connectivity index is 1.91. The number of halogens is 1. The Morgan fingerprint density at radius 3 is 2.64 bits per heavy atom. The van der Waals surface area contributed by atoms with Gasteiger partial charge in [-0.1, -0.05) is 18.2 Å². The second-order valence-electron chi connectivity index (χ2n) is 6.11. The van der Waals surface area contributed by atoms with Crippen molar-refractivity contribution in [2.75, 3.05) is 7.11 Å². The molecular weight excluding hydrogens is 317 g/mol. The molecule has 1 aliphatic carbocycles. The fourth-order valence-corrected chi connectivity index (χ4v) is 3.06. The molecule has 0 unspecified atom stereocenters. The van der Waals surface area contributed by atoms with Crippen LogP contribution in [0.15, 0.2) is 42.5 Å².